The van der Waals surface area contributed by atoms with E-state index in [-0.39, 0.29) is 5.69 Å². The molecule has 0 aliphatic rings. The van der Waals surface area contributed by atoms with Crippen molar-refractivity contribution in [3.05, 3.63) is 29.8 Å². The predicted octanol–water partition coefficient (Wildman–Crippen LogP) is 2.15. The summed E-state index contributed by atoms with van der Waals surface area (Å²) in [6, 6.07) is 5.79. The number of rotatable bonds is 5. The second-order valence-corrected chi connectivity index (χ2v) is 5.55. The van der Waals surface area contributed by atoms with Crippen molar-refractivity contribution in [3.63, 3.8) is 0 Å². The van der Waals surface area contributed by atoms with Crippen LogP contribution in [0.5, 0.6) is 0 Å². The maximum absolute atomic E-state index is 11.4. The molecule has 0 saturated carbocycles. The lowest BCUT2D eigenvalue weighted by Crippen LogP contribution is -2.07. The molecule has 94 valence electrons. The molecule has 0 atom stereocenters. The van der Waals surface area contributed by atoms with Gasteiger partial charge in [0.05, 0.1) is 12.2 Å². The maximum Gasteiger partial charge on any atom is 0.338 e. The molecule has 0 amide bonds. The van der Waals surface area contributed by atoms with Crippen LogP contribution in [0.2, 0.25) is 0 Å². The molecule has 0 bridgehead atoms. The number of esters is 1. The van der Waals surface area contributed by atoms with Crippen LogP contribution in [0.15, 0.2) is 24.3 Å². The average molecular weight is 278 g/mol. The summed E-state index contributed by atoms with van der Waals surface area (Å²) in [6.07, 6.45) is 0.746. The van der Waals surface area contributed by atoms with Gasteiger partial charge >= 0.3 is 15.2 Å². The molecule has 1 N–H and O–H groups in total. The van der Waals surface area contributed by atoms with Gasteiger partial charge in [0.2, 0.25) is 0 Å². The molecule has 0 saturated heterocycles. The first-order valence-electron chi connectivity index (χ1n) is 4.92. The number of hydrogen-bond acceptors (Lipinski definition) is 4. The minimum absolute atomic E-state index is 0.284. The highest BCUT2D eigenvalue weighted by atomic mass is 35.7. The van der Waals surface area contributed by atoms with Crippen molar-refractivity contribution in [2.24, 2.45) is 0 Å². The van der Waals surface area contributed by atoms with Crippen molar-refractivity contribution in [1.29, 1.82) is 0 Å². The molecule has 1 aromatic carbocycles. The summed E-state index contributed by atoms with van der Waals surface area (Å²) in [7, 11) is 1.19. The van der Waals surface area contributed by atoms with Gasteiger partial charge in [-0.05, 0) is 30.7 Å². The zero-order valence-corrected chi connectivity index (χ0v) is 10.7. The largest absolute Gasteiger partial charge is 0.462 e. The Morgan fingerprint density at radius 1 is 1.35 bits per heavy atom. The second-order valence-electron chi connectivity index (χ2n) is 3.25. The van der Waals surface area contributed by atoms with E-state index in [1.807, 2.05) is 6.92 Å². The highest BCUT2D eigenvalue weighted by Crippen LogP contribution is 2.13. The van der Waals surface area contributed by atoms with E-state index in [2.05, 4.69) is 4.72 Å². The minimum Gasteiger partial charge on any atom is -0.462 e. The number of carbonyl (C=O) groups is 1. The van der Waals surface area contributed by atoms with Crippen molar-refractivity contribution < 1.29 is 17.9 Å². The van der Waals surface area contributed by atoms with E-state index in [1.165, 1.54) is 24.3 Å². The van der Waals surface area contributed by atoms with Gasteiger partial charge in [-0.3, -0.25) is 4.72 Å². The molecule has 0 fully saturated rings. The number of nitrogens with one attached hydrogen (secondary N) is 1. The van der Waals surface area contributed by atoms with Crippen LogP contribution in [0.25, 0.3) is 0 Å². The summed E-state index contributed by atoms with van der Waals surface area (Å²) in [5.41, 5.74) is 0.642. The summed E-state index contributed by atoms with van der Waals surface area (Å²) >= 11 is 0. The van der Waals surface area contributed by atoms with E-state index in [4.69, 9.17) is 15.4 Å². The summed E-state index contributed by atoms with van der Waals surface area (Å²) in [4.78, 5) is 11.4. The third kappa shape index (κ3) is 5.06. The van der Waals surface area contributed by atoms with E-state index < -0.39 is 15.2 Å². The van der Waals surface area contributed by atoms with Crippen LogP contribution in [0.4, 0.5) is 5.69 Å². The molecule has 0 radical (unpaired) electrons. The molecule has 1 aromatic rings. The summed E-state index contributed by atoms with van der Waals surface area (Å²) in [5.74, 6) is -0.438. The van der Waals surface area contributed by atoms with Crippen LogP contribution in [-0.2, 0) is 14.0 Å². The van der Waals surface area contributed by atoms with Gasteiger partial charge in [0.15, 0.2) is 0 Å². The Balaban J connectivity index is 2.71. The first-order chi connectivity index (χ1) is 7.92. The van der Waals surface area contributed by atoms with Gasteiger partial charge in [-0.1, -0.05) is 6.92 Å². The lowest BCUT2D eigenvalue weighted by molar-refractivity contribution is 0.0505. The van der Waals surface area contributed by atoms with E-state index >= 15 is 0 Å². The lowest BCUT2D eigenvalue weighted by atomic mass is 10.2. The molecule has 7 heteroatoms. The van der Waals surface area contributed by atoms with Gasteiger partial charge in [0.1, 0.15) is 0 Å². The van der Waals surface area contributed by atoms with Crippen LogP contribution in [0, 0.1) is 0 Å². The van der Waals surface area contributed by atoms with Gasteiger partial charge < -0.3 is 4.74 Å². The molecule has 0 aromatic heterocycles. The monoisotopic (exact) mass is 277 g/mol. The Bertz CT molecular complexity index is 484. The molecule has 0 unspecified atom stereocenters. The zero-order chi connectivity index (χ0) is 12.9. The highest BCUT2D eigenvalue weighted by Gasteiger charge is 2.08. The molecule has 0 aliphatic carbocycles. The average Bonchev–Trinajstić information content (AvgIpc) is 2.24. The van der Waals surface area contributed by atoms with Crippen molar-refractivity contribution in [2.75, 3.05) is 11.3 Å². The summed E-state index contributed by atoms with van der Waals surface area (Å²) < 4.78 is 28.4. The first kappa shape index (κ1) is 13.8. The summed E-state index contributed by atoms with van der Waals surface area (Å²) in [6.45, 7) is 2.25. The predicted molar refractivity (Wildman–Crippen MR) is 65.4 cm³/mol. The standard InChI is InChI=1S/C10H12ClNO4S/c1-2-7-16-10(13)8-3-5-9(6-4-8)12-17(11,14)15/h3-6,12H,2,7H2,1H3. The fraction of sp³-hybridized carbons (Fsp3) is 0.300. The van der Waals surface area contributed by atoms with Gasteiger partial charge in [0, 0.05) is 16.4 Å². The lowest BCUT2D eigenvalue weighted by Gasteiger charge is -2.05. The van der Waals surface area contributed by atoms with Crippen molar-refractivity contribution in [2.45, 2.75) is 13.3 Å². The number of ether oxygens (including phenoxy) is 1. The molecule has 0 heterocycles. The fourth-order valence-electron chi connectivity index (χ4n) is 1.09. The minimum atomic E-state index is -3.82. The molecular formula is C10H12ClNO4S. The Morgan fingerprint density at radius 3 is 2.41 bits per heavy atom. The molecule has 5 nitrogen and oxygen atoms in total. The number of benzene rings is 1. The summed E-state index contributed by atoms with van der Waals surface area (Å²) in [5, 5.41) is 0. The smallest absolute Gasteiger partial charge is 0.338 e. The number of carbonyl (C=O) groups excluding carboxylic acids is 1. The van der Waals surface area contributed by atoms with Crippen molar-refractivity contribution in [3.8, 4) is 0 Å². The number of halogens is 1. The van der Waals surface area contributed by atoms with Crippen molar-refractivity contribution >= 4 is 31.6 Å². The van der Waals surface area contributed by atoms with Crippen LogP contribution < -0.4 is 4.72 Å². The quantitative estimate of drug-likeness (QED) is 0.661. The Kier molecular flexibility index (Phi) is 4.77. The number of anilines is 1. The topological polar surface area (TPSA) is 72.5 Å². The molecule has 17 heavy (non-hydrogen) atoms. The highest BCUT2D eigenvalue weighted by molar-refractivity contribution is 8.14. The maximum atomic E-state index is 11.4. The third-order valence-corrected chi connectivity index (χ3v) is 2.51. The van der Waals surface area contributed by atoms with E-state index in [1.54, 1.807) is 0 Å². The molecule has 0 aliphatic heterocycles. The normalized spacial score (nSPS) is 10.9. The number of hydrogen-bond donors (Lipinski definition) is 1. The Morgan fingerprint density at radius 2 is 1.94 bits per heavy atom. The van der Waals surface area contributed by atoms with Crippen LogP contribution >= 0.6 is 10.7 Å². The Hall–Kier alpha value is -1.27. The second kappa shape index (κ2) is 5.88. The van der Waals surface area contributed by atoms with E-state index in [0.29, 0.717) is 12.2 Å². The Labute approximate surface area is 104 Å². The molecule has 0 spiro atoms. The van der Waals surface area contributed by atoms with Gasteiger partial charge in [-0.2, -0.15) is 8.42 Å². The van der Waals surface area contributed by atoms with Crippen LogP contribution in [0.3, 0.4) is 0 Å². The zero-order valence-electron chi connectivity index (χ0n) is 9.14. The first-order valence-corrected chi connectivity index (χ1v) is 7.23. The van der Waals surface area contributed by atoms with Crippen LogP contribution in [-0.4, -0.2) is 21.0 Å². The van der Waals surface area contributed by atoms with E-state index in [9.17, 15) is 13.2 Å². The molecular weight excluding hydrogens is 266 g/mol. The third-order valence-electron chi connectivity index (χ3n) is 1.80. The molecule has 1 rings (SSSR count). The van der Waals surface area contributed by atoms with Gasteiger partial charge in [-0.25, -0.2) is 4.79 Å². The fourth-order valence-corrected chi connectivity index (χ4v) is 1.78. The van der Waals surface area contributed by atoms with Crippen LogP contribution in [0.1, 0.15) is 23.7 Å². The SMILES string of the molecule is CCCOC(=O)c1ccc(NS(=O)(=O)Cl)cc1. The van der Waals surface area contributed by atoms with E-state index in [0.717, 1.165) is 6.42 Å². The van der Waals surface area contributed by atoms with Gasteiger partial charge in [-0.15, -0.1) is 0 Å². The van der Waals surface area contributed by atoms with Crippen molar-refractivity contribution in [1.82, 2.24) is 0 Å². The van der Waals surface area contributed by atoms with Gasteiger partial charge in [0.25, 0.3) is 0 Å².